The molecule has 2 N–H and O–H groups in total. The summed E-state index contributed by atoms with van der Waals surface area (Å²) in [6.45, 7) is 2.80. The van der Waals surface area contributed by atoms with Crippen LogP contribution < -0.4 is 10.6 Å². The van der Waals surface area contributed by atoms with Crippen molar-refractivity contribution in [3.8, 4) is 0 Å². The zero-order valence-electron chi connectivity index (χ0n) is 13.1. The maximum Gasteiger partial charge on any atom is 0.234 e. The van der Waals surface area contributed by atoms with E-state index in [-0.39, 0.29) is 5.91 Å². The lowest BCUT2D eigenvalue weighted by Gasteiger charge is -2.29. The predicted molar refractivity (Wildman–Crippen MR) is 83.7 cm³/mol. The maximum absolute atomic E-state index is 12.0. The highest BCUT2D eigenvalue weighted by Gasteiger charge is 2.21. The van der Waals surface area contributed by atoms with Gasteiger partial charge in [0.25, 0.3) is 0 Å². The molecule has 20 heavy (non-hydrogen) atoms. The van der Waals surface area contributed by atoms with Crippen LogP contribution in [0, 0.1) is 5.92 Å². The summed E-state index contributed by atoms with van der Waals surface area (Å²) in [5, 5.41) is 6.70. The summed E-state index contributed by atoms with van der Waals surface area (Å²) in [6.07, 6.45) is 14.1. The van der Waals surface area contributed by atoms with Gasteiger partial charge in [-0.3, -0.25) is 4.79 Å². The van der Waals surface area contributed by atoms with Gasteiger partial charge >= 0.3 is 0 Å². The fraction of sp³-hybridized carbons (Fsp3) is 0.941. The molecule has 2 aliphatic rings. The van der Waals surface area contributed by atoms with Crippen LogP contribution in [0.25, 0.3) is 0 Å². The van der Waals surface area contributed by atoms with Gasteiger partial charge in [-0.25, -0.2) is 0 Å². The number of hydrogen-bond donors (Lipinski definition) is 2. The molecule has 0 heterocycles. The summed E-state index contributed by atoms with van der Waals surface area (Å²) in [4.78, 5) is 12.0. The fourth-order valence-electron chi connectivity index (χ4n) is 3.79. The molecule has 1 amide bonds. The average molecular weight is 280 g/mol. The Kier molecular flexibility index (Phi) is 6.85. The molecule has 0 saturated heterocycles. The van der Waals surface area contributed by atoms with Gasteiger partial charge in [0.05, 0.1) is 6.54 Å². The van der Waals surface area contributed by atoms with Crippen LogP contribution in [-0.2, 0) is 4.79 Å². The van der Waals surface area contributed by atoms with Crippen LogP contribution in [-0.4, -0.2) is 24.5 Å². The molecule has 2 saturated carbocycles. The van der Waals surface area contributed by atoms with Gasteiger partial charge in [-0.1, -0.05) is 51.9 Å². The first-order valence-electron chi connectivity index (χ1n) is 8.80. The number of nitrogens with one attached hydrogen (secondary N) is 2. The average Bonchev–Trinajstić information content (AvgIpc) is 2.74. The molecule has 0 aromatic rings. The number of amides is 1. The Hall–Kier alpha value is -0.570. The first-order chi connectivity index (χ1) is 9.78. The van der Waals surface area contributed by atoms with Crippen LogP contribution in [0.3, 0.4) is 0 Å². The van der Waals surface area contributed by atoms with Crippen molar-refractivity contribution in [2.24, 2.45) is 5.92 Å². The highest BCUT2D eigenvalue weighted by atomic mass is 16.1. The Morgan fingerprint density at radius 2 is 1.65 bits per heavy atom. The zero-order chi connectivity index (χ0) is 14.2. The largest absolute Gasteiger partial charge is 0.352 e. The molecule has 0 aromatic carbocycles. The van der Waals surface area contributed by atoms with Crippen LogP contribution in [0.15, 0.2) is 0 Å². The molecule has 0 aromatic heterocycles. The van der Waals surface area contributed by atoms with Gasteiger partial charge < -0.3 is 10.6 Å². The Morgan fingerprint density at radius 1 is 0.950 bits per heavy atom. The summed E-state index contributed by atoms with van der Waals surface area (Å²) < 4.78 is 0. The molecule has 3 nitrogen and oxygen atoms in total. The molecule has 2 rings (SSSR count). The minimum Gasteiger partial charge on any atom is -0.352 e. The number of carbonyl (C=O) groups excluding carboxylic acids is 1. The van der Waals surface area contributed by atoms with Gasteiger partial charge in [0.1, 0.15) is 0 Å². The van der Waals surface area contributed by atoms with E-state index in [0.29, 0.717) is 18.6 Å². The van der Waals surface area contributed by atoms with E-state index in [4.69, 9.17) is 0 Å². The van der Waals surface area contributed by atoms with Crippen molar-refractivity contribution in [2.45, 2.75) is 89.6 Å². The van der Waals surface area contributed by atoms with Gasteiger partial charge in [0.2, 0.25) is 5.91 Å². The van der Waals surface area contributed by atoms with Crippen molar-refractivity contribution in [2.75, 3.05) is 6.54 Å². The number of hydrogen-bond acceptors (Lipinski definition) is 2. The molecule has 2 fully saturated rings. The molecular weight excluding hydrogens is 248 g/mol. The highest BCUT2D eigenvalue weighted by molar-refractivity contribution is 5.78. The summed E-state index contributed by atoms with van der Waals surface area (Å²) in [5.74, 6) is 1.07. The standard InChI is InChI=1S/C17H32N2O/c1-2-14-8-7-11-16(12-14)18-13-17(20)19-15-9-5-3-4-6-10-15/h14-16,18H,2-13H2,1H3,(H,19,20). The first kappa shape index (κ1) is 15.8. The van der Waals surface area contributed by atoms with Gasteiger partial charge in [-0.15, -0.1) is 0 Å². The third-order valence-corrected chi connectivity index (χ3v) is 5.13. The molecule has 2 atom stereocenters. The van der Waals surface area contributed by atoms with E-state index < -0.39 is 0 Å². The van der Waals surface area contributed by atoms with Crippen LogP contribution >= 0.6 is 0 Å². The molecular formula is C17H32N2O. The van der Waals surface area contributed by atoms with Crippen molar-refractivity contribution >= 4 is 5.91 Å². The summed E-state index contributed by atoms with van der Waals surface area (Å²) >= 11 is 0. The van der Waals surface area contributed by atoms with Gasteiger partial charge in [-0.05, 0) is 31.6 Å². The van der Waals surface area contributed by atoms with E-state index in [1.807, 2.05) is 0 Å². The lowest BCUT2D eigenvalue weighted by molar-refractivity contribution is -0.121. The second kappa shape index (κ2) is 8.66. The maximum atomic E-state index is 12.0. The van der Waals surface area contributed by atoms with Crippen LogP contribution in [0.1, 0.15) is 77.6 Å². The SMILES string of the molecule is CCC1CCCC(NCC(=O)NC2CCCCCC2)C1. The smallest absolute Gasteiger partial charge is 0.234 e. The lowest BCUT2D eigenvalue weighted by atomic mass is 9.84. The second-order valence-corrected chi connectivity index (χ2v) is 6.77. The van der Waals surface area contributed by atoms with E-state index in [2.05, 4.69) is 17.6 Å². The Labute approximate surface area is 124 Å². The Morgan fingerprint density at radius 3 is 2.35 bits per heavy atom. The third kappa shape index (κ3) is 5.43. The normalized spacial score (nSPS) is 28.9. The van der Waals surface area contributed by atoms with Crippen molar-refractivity contribution < 1.29 is 4.79 Å². The summed E-state index contributed by atoms with van der Waals surface area (Å²) in [5.41, 5.74) is 0. The second-order valence-electron chi connectivity index (χ2n) is 6.77. The van der Waals surface area contributed by atoms with Crippen LogP contribution in [0.2, 0.25) is 0 Å². The van der Waals surface area contributed by atoms with Gasteiger partial charge in [-0.2, -0.15) is 0 Å². The molecule has 0 bridgehead atoms. The van der Waals surface area contributed by atoms with E-state index >= 15 is 0 Å². The monoisotopic (exact) mass is 280 g/mol. The Bertz CT molecular complexity index is 285. The molecule has 0 aliphatic heterocycles. The van der Waals surface area contributed by atoms with E-state index in [9.17, 15) is 4.79 Å². The van der Waals surface area contributed by atoms with Crippen molar-refractivity contribution in [3.05, 3.63) is 0 Å². The van der Waals surface area contributed by atoms with E-state index in [0.717, 1.165) is 5.92 Å². The van der Waals surface area contributed by atoms with Gasteiger partial charge in [0.15, 0.2) is 0 Å². The molecule has 0 spiro atoms. The summed E-state index contributed by atoms with van der Waals surface area (Å²) in [6, 6.07) is 0.995. The van der Waals surface area contributed by atoms with Crippen LogP contribution in [0.4, 0.5) is 0 Å². The molecule has 0 radical (unpaired) electrons. The predicted octanol–water partition coefficient (Wildman–Crippen LogP) is 3.38. The van der Waals surface area contributed by atoms with E-state index in [1.54, 1.807) is 0 Å². The highest BCUT2D eigenvalue weighted by Crippen LogP contribution is 2.26. The van der Waals surface area contributed by atoms with Crippen molar-refractivity contribution in [3.63, 3.8) is 0 Å². The topological polar surface area (TPSA) is 41.1 Å². The fourth-order valence-corrected chi connectivity index (χ4v) is 3.79. The van der Waals surface area contributed by atoms with Crippen molar-refractivity contribution in [1.29, 1.82) is 0 Å². The zero-order valence-corrected chi connectivity index (χ0v) is 13.1. The third-order valence-electron chi connectivity index (χ3n) is 5.13. The molecule has 116 valence electrons. The number of carbonyl (C=O) groups is 1. The summed E-state index contributed by atoms with van der Waals surface area (Å²) in [7, 11) is 0. The van der Waals surface area contributed by atoms with Crippen molar-refractivity contribution in [1.82, 2.24) is 10.6 Å². The molecule has 2 unspecified atom stereocenters. The Balaban J connectivity index is 1.64. The first-order valence-corrected chi connectivity index (χ1v) is 8.80. The lowest BCUT2D eigenvalue weighted by Crippen LogP contribution is -2.44. The molecule has 2 aliphatic carbocycles. The van der Waals surface area contributed by atoms with E-state index in [1.165, 1.54) is 70.6 Å². The minimum atomic E-state index is 0.204. The van der Waals surface area contributed by atoms with Gasteiger partial charge in [0, 0.05) is 12.1 Å². The minimum absolute atomic E-state index is 0.204. The number of rotatable bonds is 5. The molecule has 3 heteroatoms. The van der Waals surface area contributed by atoms with Crippen LogP contribution in [0.5, 0.6) is 0 Å². The quantitative estimate of drug-likeness (QED) is 0.758.